The molecule has 1 aromatic rings. The third-order valence-electron chi connectivity index (χ3n) is 3.77. The van der Waals surface area contributed by atoms with E-state index >= 15 is 0 Å². The predicted octanol–water partition coefficient (Wildman–Crippen LogP) is 3.15. The van der Waals surface area contributed by atoms with E-state index in [0.717, 1.165) is 5.92 Å². The minimum absolute atomic E-state index is 0.250. The quantitative estimate of drug-likeness (QED) is 0.815. The monoisotopic (exact) mass is 233 g/mol. The van der Waals surface area contributed by atoms with E-state index in [2.05, 4.69) is 49.5 Å². The number of nitrogens with one attached hydrogen (secondary N) is 1. The molecule has 0 amide bonds. The third kappa shape index (κ3) is 3.30. The molecule has 0 bridgehead atoms. The molecular formula is C15H23NO. The molecule has 1 aliphatic rings. The van der Waals surface area contributed by atoms with Gasteiger partial charge in [-0.2, -0.15) is 0 Å². The molecule has 94 valence electrons. The number of ether oxygens (including phenoxy) is 1. The van der Waals surface area contributed by atoms with Crippen molar-refractivity contribution in [3.8, 4) is 0 Å². The largest absolute Gasteiger partial charge is 0.380 e. The average molecular weight is 233 g/mol. The first-order valence-corrected chi connectivity index (χ1v) is 6.56. The van der Waals surface area contributed by atoms with Crippen LogP contribution in [0.3, 0.4) is 0 Å². The Bertz CT molecular complexity index is 334. The highest BCUT2D eigenvalue weighted by Gasteiger charge is 2.33. The zero-order valence-electron chi connectivity index (χ0n) is 11.0. The Balaban J connectivity index is 2.03. The van der Waals surface area contributed by atoms with Crippen LogP contribution in [0.2, 0.25) is 0 Å². The normalized spacial score (nSPS) is 20.9. The molecule has 1 aliphatic carbocycles. The molecule has 0 heterocycles. The SMILES string of the molecule is COC(C)C(C)NC(c1ccccc1)C1CC1. The maximum absolute atomic E-state index is 5.39. The van der Waals surface area contributed by atoms with Gasteiger partial charge in [-0.25, -0.2) is 0 Å². The van der Waals surface area contributed by atoms with Crippen LogP contribution in [-0.4, -0.2) is 19.3 Å². The van der Waals surface area contributed by atoms with Crippen molar-refractivity contribution in [1.29, 1.82) is 0 Å². The van der Waals surface area contributed by atoms with E-state index in [4.69, 9.17) is 4.74 Å². The van der Waals surface area contributed by atoms with E-state index in [1.165, 1.54) is 18.4 Å². The number of methoxy groups -OCH3 is 1. The van der Waals surface area contributed by atoms with E-state index in [1.807, 2.05) is 0 Å². The Morgan fingerprint density at radius 1 is 1.18 bits per heavy atom. The lowest BCUT2D eigenvalue weighted by Crippen LogP contribution is -2.39. The van der Waals surface area contributed by atoms with Gasteiger partial charge in [0.2, 0.25) is 0 Å². The Morgan fingerprint density at radius 3 is 2.35 bits per heavy atom. The fourth-order valence-corrected chi connectivity index (χ4v) is 2.22. The maximum atomic E-state index is 5.39. The Morgan fingerprint density at radius 2 is 1.82 bits per heavy atom. The summed E-state index contributed by atoms with van der Waals surface area (Å²) in [6, 6.07) is 11.6. The van der Waals surface area contributed by atoms with Crippen LogP contribution in [0.4, 0.5) is 0 Å². The van der Waals surface area contributed by atoms with Crippen molar-refractivity contribution in [3.63, 3.8) is 0 Å². The minimum atomic E-state index is 0.250. The van der Waals surface area contributed by atoms with E-state index in [1.54, 1.807) is 7.11 Å². The summed E-state index contributed by atoms with van der Waals surface area (Å²) in [5, 5.41) is 3.72. The van der Waals surface area contributed by atoms with Gasteiger partial charge in [0, 0.05) is 19.2 Å². The first-order chi connectivity index (χ1) is 8.22. The fraction of sp³-hybridized carbons (Fsp3) is 0.600. The van der Waals surface area contributed by atoms with Crippen LogP contribution >= 0.6 is 0 Å². The second-order valence-electron chi connectivity index (χ2n) is 5.12. The lowest BCUT2D eigenvalue weighted by Gasteiger charge is -2.27. The molecule has 3 unspecified atom stereocenters. The first-order valence-electron chi connectivity index (χ1n) is 6.56. The number of benzene rings is 1. The van der Waals surface area contributed by atoms with Crippen molar-refractivity contribution in [3.05, 3.63) is 35.9 Å². The minimum Gasteiger partial charge on any atom is -0.380 e. The maximum Gasteiger partial charge on any atom is 0.0693 e. The van der Waals surface area contributed by atoms with Gasteiger partial charge in [0.15, 0.2) is 0 Å². The first kappa shape index (κ1) is 12.6. The molecule has 0 aliphatic heterocycles. The molecule has 2 heteroatoms. The van der Waals surface area contributed by atoms with E-state index in [-0.39, 0.29) is 6.10 Å². The highest BCUT2D eigenvalue weighted by atomic mass is 16.5. The number of rotatable bonds is 6. The highest BCUT2D eigenvalue weighted by molar-refractivity contribution is 5.21. The Kier molecular flexibility index (Phi) is 4.19. The van der Waals surface area contributed by atoms with E-state index < -0.39 is 0 Å². The molecule has 2 nitrogen and oxygen atoms in total. The van der Waals surface area contributed by atoms with Crippen molar-refractivity contribution in [1.82, 2.24) is 5.32 Å². The summed E-state index contributed by atoms with van der Waals surface area (Å²) in [7, 11) is 1.78. The zero-order valence-corrected chi connectivity index (χ0v) is 11.0. The molecule has 1 saturated carbocycles. The third-order valence-corrected chi connectivity index (χ3v) is 3.77. The van der Waals surface area contributed by atoms with Gasteiger partial charge in [-0.15, -0.1) is 0 Å². The second-order valence-corrected chi connectivity index (χ2v) is 5.12. The van der Waals surface area contributed by atoms with Gasteiger partial charge < -0.3 is 10.1 Å². The van der Waals surface area contributed by atoms with Crippen molar-refractivity contribution >= 4 is 0 Å². The van der Waals surface area contributed by atoms with Gasteiger partial charge >= 0.3 is 0 Å². The molecular weight excluding hydrogens is 210 g/mol. The molecule has 1 aromatic carbocycles. The summed E-state index contributed by atoms with van der Waals surface area (Å²) < 4.78 is 5.39. The van der Waals surface area contributed by atoms with E-state index in [9.17, 15) is 0 Å². The smallest absolute Gasteiger partial charge is 0.0693 e. The summed E-state index contributed by atoms with van der Waals surface area (Å²) in [4.78, 5) is 0. The summed E-state index contributed by atoms with van der Waals surface area (Å²) in [6.07, 6.45) is 2.95. The van der Waals surface area contributed by atoms with Gasteiger partial charge in [-0.3, -0.25) is 0 Å². The fourth-order valence-electron chi connectivity index (χ4n) is 2.22. The van der Waals surface area contributed by atoms with Crippen LogP contribution in [0.5, 0.6) is 0 Å². The van der Waals surface area contributed by atoms with Crippen LogP contribution in [0.1, 0.15) is 38.3 Å². The number of hydrogen-bond acceptors (Lipinski definition) is 2. The summed E-state index contributed by atoms with van der Waals surface area (Å²) in [5.74, 6) is 0.809. The average Bonchev–Trinajstić information content (AvgIpc) is 3.20. The van der Waals surface area contributed by atoms with Gasteiger partial charge in [0.25, 0.3) is 0 Å². The van der Waals surface area contributed by atoms with Gasteiger partial charge in [-0.1, -0.05) is 30.3 Å². The van der Waals surface area contributed by atoms with Crippen LogP contribution < -0.4 is 5.32 Å². The molecule has 0 radical (unpaired) electrons. The number of hydrogen-bond donors (Lipinski definition) is 1. The van der Waals surface area contributed by atoms with Crippen LogP contribution in [0, 0.1) is 5.92 Å². The molecule has 0 saturated heterocycles. The summed E-state index contributed by atoms with van der Waals surface area (Å²) >= 11 is 0. The zero-order chi connectivity index (χ0) is 12.3. The molecule has 0 aromatic heterocycles. The molecule has 3 atom stereocenters. The predicted molar refractivity (Wildman–Crippen MR) is 71.0 cm³/mol. The van der Waals surface area contributed by atoms with E-state index in [0.29, 0.717) is 12.1 Å². The molecule has 0 spiro atoms. The van der Waals surface area contributed by atoms with Crippen molar-refractivity contribution < 1.29 is 4.74 Å². The second kappa shape index (κ2) is 5.65. The Hall–Kier alpha value is -0.860. The standard InChI is InChI=1S/C15H23NO/c1-11(12(2)17-3)16-15(14-9-10-14)13-7-5-4-6-8-13/h4-8,11-12,14-16H,9-10H2,1-3H3. The lowest BCUT2D eigenvalue weighted by molar-refractivity contribution is 0.0831. The van der Waals surface area contributed by atoms with Crippen molar-refractivity contribution in [2.45, 2.75) is 44.9 Å². The van der Waals surface area contributed by atoms with Crippen molar-refractivity contribution in [2.24, 2.45) is 5.92 Å². The highest BCUT2D eigenvalue weighted by Crippen LogP contribution is 2.41. The summed E-state index contributed by atoms with van der Waals surface area (Å²) in [5.41, 5.74) is 1.41. The van der Waals surface area contributed by atoms with Gasteiger partial charge in [0.1, 0.15) is 0 Å². The van der Waals surface area contributed by atoms with Crippen LogP contribution in [0.25, 0.3) is 0 Å². The van der Waals surface area contributed by atoms with Crippen molar-refractivity contribution in [2.75, 3.05) is 7.11 Å². The molecule has 17 heavy (non-hydrogen) atoms. The van der Waals surface area contributed by atoms with Crippen LogP contribution in [-0.2, 0) is 4.74 Å². The van der Waals surface area contributed by atoms with Gasteiger partial charge in [0.05, 0.1) is 6.10 Å². The Labute approximate surface area is 104 Å². The van der Waals surface area contributed by atoms with Crippen LogP contribution in [0.15, 0.2) is 30.3 Å². The molecule has 2 rings (SSSR count). The molecule has 1 fully saturated rings. The molecule has 1 N–H and O–H groups in total. The van der Waals surface area contributed by atoms with Gasteiger partial charge in [-0.05, 0) is 38.2 Å². The topological polar surface area (TPSA) is 21.3 Å². The summed E-state index contributed by atoms with van der Waals surface area (Å²) in [6.45, 7) is 4.32. The lowest BCUT2D eigenvalue weighted by atomic mass is 10.0.